The van der Waals surface area contributed by atoms with E-state index in [0.29, 0.717) is 0 Å². The van der Waals surface area contributed by atoms with Crippen LogP contribution in [-0.2, 0) is 0 Å². The van der Waals surface area contributed by atoms with Gasteiger partial charge in [-0.25, -0.2) is 0 Å². The Hall–Kier alpha value is -0.360. The molecule has 0 fully saturated rings. The molecule has 0 aliphatic heterocycles. The maximum Gasteiger partial charge on any atom is 0.187 e. The van der Waals surface area contributed by atoms with E-state index in [2.05, 4.69) is 4.72 Å². The average Bonchev–Trinajstić information content (AvgIpc) is 1.41. The largest absolute Gasteiger partial charge is 0.267 e. The van der Waals surface area contributed by atoms with Crippen molar-refractivity contribution in [1.29, 1.82) is 5.26 Å². The summed E-state index contributed by atoms with van der Waals surface area (Å²) in [6.45, 7) is 0. The summed E-state index contributed by atoms with van der Waals surface area (Å²) >= 11 is 1.29. The molecule has 0 aromatic carbocycles. The molecule has 0 rings (SSSR count). The minimum absolute atomic E-state index is 1.29. The van der Waals surface area contributed by atoms with Crippen LogP contribution in [0, 0.1) is 11.5 Å². The molecular formula is C2H4N2S. The van der Waals surface area contributed by atoms with Crippen LogP contribution in [0.3, 0.4) is 0 Å². The predicted octanol–water partition coefficient (Wildman–Crippen LogP) is 0.335. The van der Waals surface area contributed by atoms with E-state index in [1.807, 2.05) is 0 Å². The topological polar surface area (TPSA) is 35.8 Å². The minimum atomic E-state index is 1.29. The Morgan fingerprint density at radius 1 is 2.00 bits per heavy atom. The van der Waals surface area contributed by atoms with Crippen LogP contribution in [0.4, 0.5) is 0 Å². The summed E-state index contributed by atoms with van der Waals surface area (Å²) < 4.78 is 2.33. The van der Waals surface area contributed by atoms with Gasteiger partial charge in [0.05, 0.1) is 0 Å². The standard InChI is InChI=1S/C2H4N2S/c1-5-4-2-3/h4H,1H3. The third-order valence-corrected chi connectivity index (χ3v) is 0.443. The molecular weight excluding hydrogens is 84.1 g/mol. The predicted molar refractivity (Wildman–Crippen MR) is 22.3 cm³/mol. The lowest BCUT2D eigenvalue weighted by Gasteiger charge is -1.74. The summed E-state index contributed by atoms with van der Waals surface area (Å²) in [5.41, 5.74) is 0. The number of hydrogen-bond donors (Lipinski definition) is 1. The van der Waals surface area contributed by atoms with E-state index in [0.717, 1.165) is 0 Å². The first-order valence-electron chi connectivity index (χ1n) is 1.09. The molecule has 0 spiro atoms. The monoisotopic (exact) mass is 88.0 g/mol. The van der Waals surface area contributed by atoms with Crippen LogP contribution in [0.1, 0.15) is 0 Å². The quantitative estimate of drug-likeness (QED) is 0.285. The highest BCUT2D eigenvalue weighted by molar-refractivity contribution is 7.96. The summed E-state index contributed by atoms with van der Waals surface area (Å²) in [5, 5.41) is 7.68. The third-order valence-electron chi connectivity index (χ3n) is 0.148. The van der Waals surface area contributed by atoms with Crippen LogP contribution in [-0.4, -0.2) is 6.26 Å². The minimum Gasteiger partial charge on any atom is -0.267 e. The summed E-state index contributed by atoms with van der Waals surface area (Å²) in [5.74, 6) is 0. The van der Waals surface area contributed by atoms with Crippen LogP contribution >= 0.6 is 11.9 Å². The zero-order chi connectivity index (χ0) is 4.12. The Morgan fingerprint density at radius 3 is 2.60 bits per heavy atom. The molecule has 0 radical (unpaired) electrons. The van der Waals surface area contributed by atoms with Gasteiger partial charge in [-0.15, -0.1) is 0 Å². The number of nitriles is 1. The van der Waals surface area contributed by atoms with E-state index < -0.39 is 0 Å². The van der Waals surface area contributed by atoms with E-state index in [4.69, 9.17) is 5.26 Å². The van der Waals surface area contributed by atoms with Gasteiger partial charge in [-0.1, -0.05) is 0 Å². The van der Waals surface area contributed by atoms with Gasteiger partial charge in [-0.05, 0) is 11.9 Å². The maximum atomic E-state index is 7.68. The van der Waals surface area contributed by atoms with Gasteiger partial charge >= 0.3 is 0 Å². The Bertz CT molecular complexity index is 46.1. The van der Waals surface area contributed by atoms with Gasteiger partial charge in [-0.2, -0.15) is 5.26 Å². The second-order valence-corrected chi connectivity index (χ2v) is 1.03. The second-order valence-electron chi connectivity index (χ2n) is 0.418. The second kappa shape index (κ2) is 3.64. The molecule has 0 aromatic rings. The highest BCUT2D eigenvalue weighted by atomic mass is 32.2. The van der Waals surface area contributed by atoms with E-state index in [-0.39, 0.29) is 0 Å². The molecule has 28 valence electrons. The summed E-state index contributed by atoms with van der Waals surface area (Å²) in [6.07, 6.45) is 3.53. The highest BCUT2D eigenvalue weighted by Gasteiger charge is 1.58. The van der Waals surface area contributed by atoms with Crippen LogP contribution in [0.5, 0.6) is 0 Å². The number of rotatable bonds is 1. The van der Waals surface area contributed by atoms with Crippen molar-refractivity contribution in [3.05, 3.63) is 0 Å². The van der Waals surface area contributed by atoms with Gasteiger partial charge in [0.2, 0.25) is 0 Å². The highest BCUT2D eigenvalue weighted by Crippen LogP contribution is 1.73. The SMILES string of the molecule is CSNC#N. The summed E-state index contributed by atoms with van der Waals surface area (Å²) in [4.78, 5) is 0. The van der Waals surface area contributed by atoms with Crippen molar-refractivity contribution < 1.29 is 0 Å². The lowest BCUT2D eigenvalue weighted by Crippen LogP contribution is -1.84. The molecule has 0 bridgehead atoms. The maximum absolute atomic E-state index is 7.68. The molecule has 0 unspecified atom stereocenters. The zero-order valence-electron chi connectivity index (χ0n) is 2.86. The van der Waals surface area contributed by atoms with Crippen molar-refractivity contribution in [3.63, 3.8) is 0 Å². The van der Waals surface area contributed by atoms with E-state index in [1.54, 1.807) is 12.4 Å². The van der Waals surface area contributed by atoms with Gasteiger partial charge in [-0.3, -0.25) is 4.72 Å². The van der Waals surface area contributed by atoms with Gasteiger partial charge in [0.25, 0.3) is 0 Å². The molecule has 0 saturated heterocycles. The van der Waals surface area contributed by atoms with E-state index in [1.165, 1.54) is 11.9 Å². The van der Waals surface area contributed by atoms with Gasteiger partial charge in [0.1, 0.15) is 0 Å². The average molecular weight is 88.1 g/mol. The number of nitrogens with zero attached hydrogens (tertiary/aromatic N) is 1. The first kappa shape index (κ1) is 4.64. The Balaban J connectivity index is 2.48. The van der Waals surface area contributed by atoms with Crippen molar-refractivity contribution in [2.45, 2.75) is 0 Å². The molecule has 1 N–H and O–H groups in total. The van der Waals surface area contributed by atoms with Crippen molar-refractivity contribution in [1.82, 2.24) is 4.72 Å². The molecule has 0 aromatic heterocycles. The van der Waals surface area contributed by atoms with Crippen LogP contribution in [0.2, 0.25) is 0 Å². The molecule has 0 saturated carbocycles. The normalized spacial score (nSPS) is 5.60. The summed E-state index contributed by atoms with van der Waals surface area (Å²) in [6, 6.07) is 0. The smallest absolute Gasteiger partial charge is 0.187 e. The fourth-order valence-corrected chi connectivity index (χ4v) is 0.137. The lowest BCUT2D eigenvalue weighted by atomic mass is 11.5. The molecule has 5 heavy (non-hydrogen) atoms. The van der Waals surface area contributed by atoms with Crippen LogP contribution in [0.25, 0.3) is 0 Å². The fraction of sp³-hybridized carbons (Fsp3) is 0.500. The van der Waals surface area contributed by atoms with Crippen molar-refractivity contribution in [3.8, 4) is 6.19 Å². The lowest BCUT2D eigenvalue weighted by molar-refractivity contribution is 1.37. The third kappa shape index (κ3) is 3.64. The molecule has 0 amide bonds. The van der Waals surface area contributed by atoms with Gasteiger partial charge in [0.15, 0.2) is 6.19 Å². The van der Waals surface area contributed by atoms with E-state index in [9.17, 15) is 0 Å². The first-order chi connectivity index (χ1) is 2.41. The molecule has 2 nitrogen and oxygen atoms in total. The number of hydrogen-bond acceptors (Lipinski definition) is 3. The van der Waals surface area contributed by atoms with Crippen LogP contribution < -0.4 is 4.72 Å². The van der Waals surface area contributed by atoms with Gasteiger partial charge in [0, 0.05) is 6.26 Å². The molecule has 0 aliphatic rings. The molecule has 0 aliphatic carbocycles. The van der Waals surface area contributed by atoms with Gasteiger partial charge < -0.3 is 0 Å². The number of nitrogens with one attached hydrogen (secondary N) is 1. The zero-order valence-corrected chi connectivity index (χ0v) is 3.67. The van der Waals surface area contributed by atoms with Crippen LogP contribution in [0.15, 0.2) is 0 Å². The van der Waals surface area contributed by atoms with Crippen molar-refractivity contribution >= 4 is 11.9 Å². The Morgan fingerprint density at radius 2 is 2.60 bits per heavy atom. The van der Waals surface area contributed by atoms with E-state index >= 15 is 0 Å². The molecule has 0 atom stereocenters. The first-order valence-corrected chi connectivity index (χ1v) is 2.31. The van der Waals surface area contributed by atoms with Crippen molar-refractivity contribution in [2.24, 2.45) is 0 Å². The fourth-order valence-electron chi connectivity index (χ4n) is 0.0456. The Kier molecular flexibility index (Phi) is 3.38. The molecule has 3 heteroatoms. The summed E-state index contributed by atoms with van der Waals surface area (Å²) in [7, 11) is 0. The Labute approximate surface area is 35.3 Å². The molecule has 0 heterocycles. The van der Waals surface area contributed by atoms with Crippen molar-refractivity contribution in [2.75, 3.05) is 6.26 Å².